The van der Waals surface area contributed by atoms with Crippen LogP contribution in [0.3, 0.4) is 0 Å². The summed E-state index contributed by atoms with van der Waals surface area (Å²) in [7, 11) is 0. The van der Waals surface area contributed by atoms with Gasteiger partial charge in [-0.25, -0.2) is 4.79 Å². The number of carbonyl (C=O) groups is 2. The summed E-state index contributed by atoms with van der Waals surface area (Å²) in [6, 6.07) is 3.79. The molecule has 0 aliphatic heterocycles. The van der Waals surface area contributed by atoms with Crippen molar-refractivity contribution in [2.45, 2.75) is 6.54 Å². The summed E-state index contributed by atoms with van der Waals surface area (Å²) in [5.74, 6) is -1.53. The van der Waals surface area contributed by atoms with E-state index in [1.165, 1.54) is 0 Å². The van der Waals surface area contributed by atoms with Gasteiger partial charge in [-0.15, -0.1) is 0 Å². The van der Waals surface area contributed by atoms with Crippen LogP contribution in [0.1, 0.15) is 0 Å². The Morgan fingerprint density at radius 1 is 1.27 bits per heavy atom. The van der Waals surface area contributed by atoms with E-state index in [9.17, 15) is 9.59 Å². The van der Waals surface area contributed by atoms with Gasteiger partial charge in [0.1, 0.15) is 0 Å². The number of rotatable bonds is 5. The van der Waals surface area contributed by atoms with Crippen molar-refractivity contribution in [2.24, 2.45) is 0 Å². The molecule has 1 heterocycles. The third-order valence-electron chi connectivity index (χ3n) is 1.71. The van der Waals surface area contributed by atoms with E-state index in [-0.39, 0.29) is 0 Å². The van der Waals surface area contributed by atoms with Crippen LogP contribution in [0.25, 0.3) is 0 Å². The van der Waals surface area contributed by atoms with Crippen molar-refractivity contribution in [1.82, 2.24) is 9.88 Å². The fourth-order valence-corrected chi connectivity index (χ4v) is 1.03. The van der Waals surface area contributed by atoms with Crippen LogP contribution in [0, 0.1) is 0 Å². The van der Waals surface area contributed by atoms with Crippen molar-refractivity contribution in [3.05, 3.63) is 36.7 Å². The van der Waals surface area contributed by atoms with Crippen molar-refractivity contribution in [2.75, 3.05) is 6.54 Å². The standard InChI is InChI=1S/C10H12N2O3/c13-9(3-4-10(14)15)11-5-8-12-6-1-2-7-12/h1-4,6-7H,5,8H2,(H,11,13)(H,14,15)/b4-3+. The molecule has 2 N–H and O–H groups in total. The largest absolute Gasteiger partial charge is 0.478 e. The number of carboxylic acid groups (broad SMARTS) is 1. The summed E-state index contributed by atoms with van der Waals surface area (Å²) in [5, 5.41) is 10.8. The topological polar surface area (TPSA) is 71.3 Å². The zero-order valence-electron chi connectivity index (χ0n) is 8.09. The van der Waals surface area contributed by atoms with Crippen LogP contribution in [0.5, 0.6) is 0 Å². The molecule has 0 unspecified atom stereocenters. The lowest BCUT2D eigenvalue weighted by Crippen LogP contribution is -2.25. The fourth-order valence-electron chi connectivity index (χ4n) is 1.03. The molecule has 0 atom stereocenters. The molecule has 0 aliphatic carbocycles. The van der Waals surface area contributed by atoms with Crippen LogP contribution >= 0.6 is 0 Å². The molecule has 15 heavy (non-hydrogen) atoms. The van der Waals surface area contributed by atoms with E-state index < -0.39 is 11.9 Å². The summed E-state index contributed by atoms with van der Waals surface area (Å²) in [5.41, 5.74) is 0. The first-order valence-corrected chi connectivity index (χ1v) is 4.48. The van der Waals surface area contributed by atoms with Gasteiger partial charge in [-0.1, -0.05) is 0 Å². The molecule has 0 aromatic carbocycles. The number of amides is 1. The quantitative estimate of drug-likeness (QED) is 0.681. The Bertz CT molecular complexity index is 355. The maximum Gasteiger partial charge on any atom is 0.328 e. The maximum atomic E-state index is 11.0. The molecular weight excluding hydrogens is 196 g/mol. The highest BCUT2D eigenvalue weighted by Crippen LogP contribution is 1.87. The Balaban J connectivity index is 2.20. The Morgan fingerprint density at radius 3 is 2.53 bits per heavy atom. The van der Waals surface area contributed by atoms with Gasteiger partial charge in [-0.05, 0) is 12.1 Å². The minimum atomic E-state index is -1.13. The zero-order valence-corrected chi connectivity index (χ0v) is 8.09. The third kappa shape index (κ3) is 4.66. The Hall–Kier alpha value is -2.04. The van der Waals surface area contributed by atoms with Crippen LogP contribution in [-0.4, -0.2) is 28.1 Å². The predicted molar refractivity (Wildman–Crippen MR) is 54.2 cm³/mol. The van der Waals surface area contributed by atoms with E-state index in [0.29, 0.717) is 13.1 Å². The molecule has 0 aliphatic rings. The first kappa shape index (κ1) is 11.0. The van der Waals surface area contributed by atoms with Crippen LogP contribution in [0.15, 0.2) is 36.7 Å². The maximum absolute atomic E-state index is 11.0. The lowest BCUT2D eigenvalue weighted by atomic mass is 10.4. The van der Waals surface area contributed by atoms with Crippen molar-refractivity contribution in [3.63, 3.8) is 0 Å². The van der Waals surface area contributed by atoms with Gasteiger partial charge in [0.2, 0.25) is 5.91 Å². The summed E-state index contributed by atoms with van der Waals surface area (Å²) in [4.78, 5) is 21.1. The van der Waals surface area contributed by atoms with Gasteiger partial charge >= 0.3 is 5.97 Å². The lowest BCUT2D eigenvalue weighted by Gasteiger charge is -2.02. The predicted octanol–water partition coefficient (Wildman–Crippen LogP) is 0.245. The minimum absolute atomic E-state index is 0.399. The van der Waals surface area contributed by atoms with E-state index in [0.717, 1.165) is 12.2 Å². The number of hydrogen-bond acceptors (Lipinski definition) is 2. The molecule has 0 saturated carbocycles. The molecule has 0 spiro atoms. The smallest absolute Gasteiger partial charge is 0.328 e. The first-order chi connectivity index (χ1) is 7.18. The summed E-state index contributed by atoms with van der Waals surface area (Å²) in [6.45, 7) is 1.14. The molecule has 80 valence electrons. The number of nitrogens with one attached hydrogen (secondary N) is 1. The second-order valence-electron chi connectivity index (χ2n) is 2.88. The molecule has 0 fully saturated rings. The Morgan fingerprint density at radius 2 is 1.93 bits per heavy atom. The molecule has 0 bridgehead atoms. The molecule has 0 radical (unpaired) electrons. The van der Waals surface area contributed by atoms with Gasteiger partial charge in [-0.2, -0.15) is 0 Å². The number of carboxylic acids is 1. The molecule has 0 saturated heterocycles. The highest BCUT2D eigenvalue weighted by molar-refractivity contribution is 5.93. The average Bonchev–Trinajstić information content (AvgIpc) is 2.67. The van der Waals surface area contributed by atoms with Crippen LogP contribution in [0.4, 0.5) is 0 Å². The highest BCUT2D eigenvalue weighted by atomic mass is 16.4. The second-order valence-corrected chi connectivity index (χ2v) is 2.88. The highest BCUT2D eigenvalue weighted by Gasteiger charge is 1.95. The van der Waals surface area contributed by atoms with E-state index in [1.54, 1.807) is 0 Å². The van der Waals surface area contributed by atoms with Crippen LogP contribution in [0.2, 0.25) is 0 Å². The number of hydrogen-bond donors (Lipinski definition) is 2. The number of aliphatic carboxylic acids is 1. The summed E-state index contributed by atoms with van der Waals surface area (Å²) >= 11 is 0. The van der Waals surface area contributed by atoms with E-state index in [4.69, 9.17) is 5.11 Å². The number of carbonyl (C=O) groups excluding carboxylic acids is 1. The number of aromatic nitrogens is 1. The van der Waals surface area contributed by atoms with Crippen LogP contribution in [-0.2, 0) is 16.1 Å². The Kier molecular flexibility index (Phi) is 4.15. The van der Waals surface area contributed by atoms with E-state index >= 15 is 0 Å². The third-order valence-corrected chi connectivity index (χ3v) is 1.71. The lowest BCUT2D eigenvalue weighted by molar-refractivity contribution is -0.131. The fraction of sp³-hybridized carbons (Fsp3) is 0.200. The summed E-state index contributed by atoms with van der Waals surface area (Å²) in [6.07, 6.45) is 5.58. The summed E-state index contributed by atoms with van der Waals surface area (Å²) < 4.78 is 1.92. The van der Waals surface area contributed by atoms with Gasteiger partial charge in [-0.3, -0.25) is 4.79 Å². The van der Waals surface area contributed by atoms with Gasteiger partial charge in [0, 0.05) is 37.6 Å². The second kappa shape index (κ2) is 5.64. The normalized spacial score (nSPS) is 10.4. The molecule has 1 aromatic rings. The minimum Gasteiger partial charge on any atom is -0.478 e. The molecule has 1 amide bonds. The molecule has 5 nitrogen and oxygen atoms in total. The van der Waals surface area contributed by atoms with Crippen molar-refractivity contribution in [3.8, 4) is 0 Å². The SMILES string of the molecule is O=C(O)/C=C/C(=O)NCCn1cccc1. The van der Waals surface area contributed by atoms with Crippen LogP contribution < -0.4 is 5.32 Å². The Labute approximate surface area is 87.0 Å². The monoisotopic (exact) mass is 208 g/mol. The number of nitrogens with zero attached hydrogens (tertiary/aromatic N) is 1. The average molecular weight is 208 g/mol. The molecular formula is C10H12N2O3. The molecule has 1 aromatic heterocycles. The van der Waals surface area contributed by atoms with Gasteiger partial charge in [0.05, 0.1) is 0 Å². The van der Waals surface area contributed by atoms with E-state index in [1.807, 2.05) is 29.1 Å². The molecule has 5 heteroatoms. The zero-order chi connectivity index (χ0) is 11.1. The van der Waals surface area contributed by atoms with Crippen molar-refractivity contribution < 1.29 is 14.7 Å². The van der Waals surface area contributed by atoms with Crippen molar-refractivity contribution in [1.29, 1.82) is 0 Å². The van der Waals surface area contributed by atoms with Gasteiger partial charge < -0.3 is 15.0 Å². The molecule has 1 rings (SSSR count). The first-order valence-electron chi connectivity index (χ1n) is 4.48. The van der Waals surface area contributed by atoms with Gasteiger partial charge in [0.15, 0.2) is 0 Å². The van der Waals surface area contributed by atoms with Crippen molar-refractivity contribution >= 4 is 11.9 Å². The van der Waals surface area contributed by atoms with E-state index in [2.05, 4.69) is 5.32 Å². The van der Waals surface area contributed by atoms with Gasteiger partial charge in [0.25, 0.3) is 0 Å².